The first kappa shape index (κ1) is 10.8. The van der Waals surface area contributed by atoms with E-state index in [1.165, 1.54) is 11.8 Å². The fourth-order valence-electron chi connectivity index (χ4n) is 1.47. The molecular formula is C8H13F2NOS. The van der Waals surface area contributed by atoms with Crippen molar-refractivity contribution in [3.05, 3.63) is 0 Å². The number of nitrogens with one attached hydrogen (secondary N) is 1. The molecule has 5 heteroatoms. The third kappa shape index (κ3) is 3.50. The molecule has 0 bridgehead atoms. The SMILES string of the molecule is CSCC(=O)NC1CCC(F)(F)C1. The van der Waals surface area contributed by atoms with Crippen LogP contribution in [-0.2, 0) is 4.79 Å². The van der Waals surface area contributed by atoms with Gasteiger partial charge >= 0.3 is 0 Å². The van der Waals surface area contributed by atoms with Gasteiger partial charge in [0.2, 0.25) is 11.8 Å². The molecule has 0 aromatic heterocycles. The topological polar surface area (TPSA) is 29.1 Å². The average Bonchev–Trinajstić information content (AvgIpc) is 2.30. The second kappa shape index (κ2) is 4.26. The molecular weight excluding hydrogens is 196 g/mol. The van der Waals surface area contributed by atoms with E-state index in [0.717, 1.165) is 0 Å². The first-order valence-electron chi connectivity index (χ1n) is 4.19. The van der Waals surface area contributed by atoms with Crippen molar-refractivity contribution in [1.82, 2.24) is 5.32 Å². The Labute approximate surface area is 80.5 Å². The third-order valence-corrected chi connectivity index (χ3v) is 2.60. The van der Waals surface area contributed by atoms with E-state index in [1.54, 1.807) is 0 Å². The molecule has 0 aromatic rings. The molecule has 1 fully saturated rings. The number of carbonyl (C=O) groups is 1. The minimum Gasteiger partial charge on any atom is -0.352 e. The van der Waals surface area contributed by atoms with Gasteiger partial charge in [-0.15, -0.1) is 0 Å². The van der Waals surface area contributed by atoms with Gasteiger partial charge < -0.3 is 5.32 Å². The fraction of sp³-hybridized carbons (Fsp3) is 0.875. The van der Waals surface area contributed by atoms with E-state index in [2.05, 4.69) is 5.32 Å². The van der Waals surface area contributed by atoms with Crippen molar-refractivity contribution in [2.24, 2.45) is 0 Å². The van der Waals surface area contributed by atoms with Gasteiger partial charge in [0.15, 0.2) is 0 Å². The summed E-state index contributed by atoms with van der Waals surface area (Å²) in [5.41, 5.74) is 0. The summed E-state index contributed by atoms with van der Waals surface area (Å²) in [6.45, 7) is 0. The first-order valence-corrected chi connectivity index (χ1v) is 5.59. The lowest BCUT2D eigenvalue weighted by atomic mass is 10.2. The lowest BCUT2D eigenvalue weighted by molar-refractivity contribution is -0.119. The first-order chi connectivity index (χ1) is 6.03. The van der Waals surface area contributed by atoms with Crippen LogP contribution < -0.4 is 5.32 Å². The third-order valence-electron chi connectivity index (χ3n) is 2.04. The van der Waals surface area contributed by atoms with Crippen molar-refractivity contribution < 1.29 is 13.6 Å². The number of hydrogen-bond acceptors (Lipinski definition) is 2. The maximum absolute atomic E-state index is 12.7. The molecule has 76 valence electrons. The lowest BCUT2D eigenvalue weighted by Crippen LogP contribution is -2.35. The predicted octanol–water partition coefficient (Wildman–Crippen LogP) is 1.65. The molecule has 1 N–H and O–H groups in total. The summed E-state index contributed by atoms with van der Waals surface area (Å²) in [6, 6.07) is -0.324. The highest BCUT2D eigenvalue weighted by molar-refractivity contribution is 7.99. The van der Waals surface area contributed by atoms with Crippen molar-refractivity contribution in [3.63, 3.8) is 0 Å². The Balaban J connectivity index is 2.28. The zero-order chi connectivity index (χ0) is 9.90. The molecule has 0 aliphatic heterocycles. The van der Waals surface area contributed by atoms with Crippen molar-refractivity contribution >= 4 is 17.7 Å². The van der Waals surface area contributed by atoms with Gasteiger partial charge in [-0.05, 0) is 12.7 Å². The summed E-state index contributed by atoms with van der Waals surface area (Å²) in [5, 5.41) is 2.60. The van der Waals surface area contributed by atoms with Gasteiger partial charge in [-0.1, -0.05) is 0 Å². The van der Waals surface area contributed by atoms with Gasteiger partial charge in [-0.25, -0.2) is 8.78 Å². The van der Waals surface area contributed by atoms with Crippen LogP contribution in [0, 0.1) is 0 Å². The van der Waals surface area contributed by atoms with Crippen LogP contribution in [0.25, 0.3) is 0 Å². The van der Waals surface area contributed by atoms with E-state index in [0.29, 0.717) is 12.2 Å². The van der Waals surface area contributed by atoms with Gasteiger partial charge in [-0.3, -0.25) is 4.79 Å². The number of carbonyl (C=O) groups excluding carboxylic acids is 1. The van der Waals surface area contributed by atoms with Crippen LogP contribution in [0.2, 0.25) is 0 Å². The van der Waals surface area contributed by atoms with Crippen molar-refractivity contribution in [3.8, 4) is 0 Å². The number of alkyl halides is 2. The minimum absolute atomic E-state index is 0.1000. The Morgan fingerprint density at radius 3 is 2.85 bits per heavy atom. The molecule has 1 aliphatic carbocycles. The molecule has 0 aromatic carbocycles. The molecule has 1 saturated carbocycles. The van der Waals surface area contributed by atoms with E-state index in [4.69, 9.17) is 0 Å². The van der Waals surface area contributed by atoms with E-state index in [-0.39, 0.29) is 24.8 Å². The van der Waals surface area contributed by atoms with Crippen LogP contribution in [0.3, 0.4) is 0 Å². The standard InChI is InChI=1S/C8H13F2NOS/c1-13-5-7(12)11-6-2-3-8(9,10)4-6/h6H,2-5H2,1H3,(H,11,12). The summed E-state index contributed by atoms with van der Waals surface area (Å²) in [4.78, 5) is 11.0. The van der Waals surface area contributed by atoms with E-state index < -0.39 is 5.92 Å². The number of hydrogen-bond donors (Lipinski definition) is 1. The Hall–Kier alpha value is -0.320. The second-order valence-electron chi connectivity index (χ2n) is 3.30. The molecule has 0 saturated heterocycles. The Morgan fingerprint density at radius 2 is 2.38 bits per heavy atom. The van der Waals surface area contributed by atoms with Crippen molar-refractivity contribution in [2.75, 3.05) is 12.0 Å². The van der Waals surface area contributed by atoms with Gasteiger partial charge in [-0.2, -0.15) is 11.8 Å². The zero-order valence-electron chi connectivity index (χ0n) is 7.48. The van der Waals surface area contributed by atoms with Crippen LogP contribution in [0.1, 0.15) is 19.3 Å². The normalized spacial score (nSPS) is 25.9. The molecule has 1 amide bonds. The predicted molar refractivity (Wildman–Crippen MR) is 49.1 cm³/mol. The molecule has 1 aliphatic rings. The van der Waals surface area contributed by atoms with Gasteiger partial charge in [0.25, 0.3) is 0 Å². The molecule has 1 unspecified atom stereocenters. The van der Waals surface area contributed by atoms with E-state index in [1.807, 2.05) is 6.26 Å². The molecule has 0 heterocycles. The molecule has 1 rings (SSSR count). The number of halogens is 2. The highest BCUT2D eigenvalue weighted by Crippen LogP contribution is 2.34. The molecule has 2 nitrogen and oxygen atoms in total. The number of amides is 1. The number of rotatable bonds is 3. The quantitative estimate of drug-likeness (QED) is 0.765. The molecule has 0 radical (unpaired) electrons. The maximum atomic E-state index is 12.7. The summed E-state index contributed by atoms with van der Waals surface area (Å²) >= 11 is 1.39. The monoisotopic (exact) mass is 209 g/mol. The van der Waals surface area contributed by atoms with Crippen LogP contribution in [-0.4, -0.2) is 29.9 Å². The average molecular weight is 209 g/mol. The Morgan fingerprint density at radius 1 is 1.69 bits per heavy atom. The fourth-order valence-corrected chi connectivity index (χ4v) is 1.82. The Bertz CT molecular complexity index is 199. The smallest absolute Gasteiger partial charge is 0.250 e. The van der Waals surface area contributed by atoms with E-state index in [9.17, 15) is 13.6 Å². The molecule has 1 atom stereocenters. The molecule has 13 heavy (non-hydrogen) atoms. The van der Waals surface area contributed by atoms with Gasteiger partial charge in [0, 0.05) is 18.9 Å². The van der Waals surface area contributed by atoms with Crippen molar-refractivity contribution in [1.29, 1.82) is 0 Å². The van der Waals surface area contributed by atoms with Gasteiger partial charge in [0.1, 0.15) is 0 Å². The lowest BCUT2D eigenvalue weighted by Gasteiger charge is -2.12. The van der Waals surface area contributed by atoms with Crippen LogP contribution in [0.15, 0.2) is 0 Å². The van der Waals surface area contributed by atoms with E-state index >= 15 is 0 Å². The summed E-state index contributed by atoms with van der Waals surface area (Å²) in [5.74, 6) is -2.37. The highest BCUT2D eigenvalue weighted by atomic mass is 32.2. The minimum atomic E-state index is -2.57. The number of thioether (sulfide) groups is 1. The highest BCUT2D eigenvalue weighted by Gasteiger charge is 2.39. The zero-order valence-corrected chi connectivity index (χ0v) is 8.29. The summed E-state index contributed by atoms with van der Waals surface area (Å²) in [6.07, 6.45) is 1.90. The maximum Gasteiger partial charge on any atom is 0.250 e. The van der Waals surface area contributed by atoms with Crippen LogP contribution in [0.5, 0.6) is 0 Å². The summed E-state index contributed by atoms with van der Waals surface area (Å²) < 4.78 is 25.3. The molecule has 0 spiro atoms. The van der Waals surface area contributed by atoms with Crippen LogP contribution >= 0.6 is 11.8 Å². The second-order valence-corrected chi connectivity index (χ2v) is 4.16. The largest absolute Gasteiger partial charge is 0.352 e. The van der Waals surface area contributed by atoms with Crippen LogP contribution in [0.4, 0.5) is 8.78 Å². The summed E-state index contributed by atoms with van der Waals surface area (Å²) in [7, 11) is 0. The van der Waals surface area contributed by atoms with Gasteiger partial charge in [0.05, 0.1) is 5.75 Å². The van der Waals surface area contributed by atoms with Crippen molar-refractivity contribution in [2.45, 2.75) is 31.2 Å². The Kier molecular flexibility index (Phi) is 3.53.